The summed E-state index contributed by atoms with van der Waals surface area (Å²) in [6.45, 7) is 8.43. The molecule has 1 aliphatic rings. The van der Waals surface area contributed by atoms with E-state index in [9.17, 15) is 0 Å². The average molecular weight is 301 g/mol. The smallest absolute Gasteiger partial charge is 0.142 e. The Morgan fingerprint density at radius 1 is 1.41 bits per heavy atom. The lowest BCUT2D eigenvalue weighted by atomic mass is 10.1. The highest BCUT2D eigenvalue weighted by molar-refractivity contribution is 5.63. The molecule has 1 aromatic carbocycles. The summed E-state index contributed by atoms with van der Waals surface area (Å²) in [5, 5.41) is 3.43. The van der Waals surface area contributed by atoms with E-state index in [4.69, 9.17) is 9.47 Å². The number of nitrogens with zero attached hydrogens (tertiary/aromatic N) is 2. The van der Waals surface area contributed by atoms with Crippen molar-refractivity contribution in [3.63, 3.8) is 0 Å². The van der Waals surface area contributed by atoms with Crippen molar-refractivity contribution in [2.45, 2.75) is 46.4 Å². The quantitative estimate of drug-likeness (QED) is 0.890. The number of nitrogens with one attached hydrogen (secondary N) is 1. The van der Waals surface area contributed by atoms with Crippen LogP contribution >= 0.6 is 0 Å². The SMILES string of the molecule is CCOc1cc2c(cc1NCc1nccn1CC)O[C@@H](C)C2. The molecule has 0 spiro atoms. The van der Waals surface area contributed by atoms with E-state index >= 15 is 0 Å². The van der Waals surface area contributed by atoms with Crippen LogP contribution in [-0.4, -0.2) is 22.3 Å². The van der Waals surface area contributed by atoms with E-state index in [0.29, 0.717) is 13.2 Å². The highest BCUT2D eigenvalue weighted by Gasteiger charge is 2.22. The fourth-order valence-corrected chi connectivity index (χ4v) is 2.82. The van der Waals surface area contributed by atoms with Crippen LogP contribution < -0.4 is 14.8 Å². The van der Waals surface area contributed by atoms with Gasteiger partial charge >= 0.3 is 0 Å². The zero-order valence-electron chi connectivity index (χ0n) is 13.4. The van der Waals surface area contributed by atoms with Crippen LogP contribution in [-0.2, 0) is 19.5 Å². The molecule has 0 bridgehead atoms. The molecule has 1 atom stereocenters. The number of benzene rings is 1. The first-order valence-electron chi connectivity index (χ1n) is 7.91. The largest absolute Gasteiger partial charge is 0.492 e. The van der Waals surface area contributed by atoms with Crippen LogP contribution in [0, 0.1) is 0 Å². The maximum atomic E-state index is 5.85. The normalized spacial score (nSPS) is 16.2. The minimum Gasteiger partial charge on any atom is -0.492 e. The molecular formula is C17H23N3O2. The Labute approximate surface area is 131 Å². The molecule has 1 aromatic heterocycles. The van der Waals surface area contributed by atoms with Crippen LogP contribution in [0.25, 0.3) is 0 Å². The lowest BCUT2D eigenvalue weighted by molar-refractivity contribution is 0.254. The number of fused-ring (bicyclic) bond motifs is 1. The van der Waals surface area contributed by atoms with Gasteiger partial charge in [-0.25, -0.2) is 4.98 Å². The molecule has 0 saturated carbocycles. The molecule has 2 heterocycles. The van der Waals surface area contributed by atoms with E-state index in [0.717, 1.165) is 36.0 Å². The van der Waals surface area contributed by atoms with Crippen LogP contribution in [0.4, 0.5) is 5.69 Å². The number of rotatable bonds is 6. The van der Waals surface area contributed by atoms with Crippen molar-refractivity contribution >= 4 is 5.69 Å². The van der Waals surface area contributed by atoms with Gasteiger partial charge in [-0.15, -0.1) is 0 Å². The zero-order valence-corrected chi connectivity index (χ0v) is 13.4. The molecule has 0 amide bonds. The lowest BCUT2D eigenvalue weighted by Gasteiger charge is -2.14. The zero-order chi connectivity index (χ0) is 15.5. The molecule has 0 radical (unpaired) electrons. The van der Waals surface area contributed by atoms with E-state index in [1.54, 1.807) is 0 Å². The van der Waals surface area contributed by atoms with Gasteiger partial charge in [0.15, 0.2) is 0 Å². The summed E-state index contributed by atoms with van der Waals surface area (Å²) in [7, 11) is 0. The van der Waals surface area contributed by atoms with Gasteiger partial charge in [0.1, 0.15) is 23.4 Å². The Morgan fingerprint density at radius 3 is 3.05 bits per heavy atom. The van der Waals surface area contributed by atoms with Crippen molar-refractivity contribution < 1.29 is 9.47 Å². The van der Waals surface area contributed by atoms with Crippen molar-refractivity contribution in [2.75, 3.05) is 11.9 Å². The van der Waals surface area contributed by atoms with Crippen molar-refractivity contribution in [1.29, 1.82) is 0 Å². The van der Waals surface area contributed by atoms with Gasteiger partial charge in [0.25, 0.3) is 0 Å². The molecular weight excluding hydrogens is 278 g/mol. The Kier molecular flexibility index (Phi) is 4.22. The Morgan fingerprint density at radius 2 is 2.27 bits per heavy atom. The van der Waals surface area contributed by atoms with Crippen LogP contribution in [0.15, 0.2) is 24.5 Å². The molecule has 2 aromatic rings. The minimum atomic E-state index is 0.235. The third-order valence-corrected chi connectivity index (χ3v) is 3.88. The summed E-state index contributed by atoms with van der Waals surface area (Å²) in [5.41, 5.74) is 2.18. The first-order chi connectivity index (χ1) is 10.7. The van der Waals surface area contributed by atoms with E-state index in [2.05, 4.69) is 34.8 Å². The molecule has 0 fully saturated rings. The van der Waals surface area contributed by atoms with Crippen molar-refractivity contribution in [3.05, 3.63) is 35.9 Å². The van der Waals surface area contributed by atoms with E-state index < -0.39 is 0 Å². The van der Waals surface area contributed by atoms with Gasteiger partial charge in [-0.05, 0) is 26.8 Å². The number of anilines is 1. The molecule has 5 nitrogen and oxygen atoms in total. The van der Waals surface area contributed by atoms with Gasteiger partial charge in [-0.1, -0.05) is 0 Å². The van der Waals surface area contributed by atoms with E-state index in [-0.39, 0.29) is 6.10 Å². The standard InChI is InChI=1S/C17H23N3O2/c1-4-20-7-6-18-17(20)11-19-14-10-15-13(8-12(3)22-15)9-16(14)21-5-2/h6-7,9-10,12,19H,4-5,8,11H2,1-3H3/t12-/m0/s1. The van der Waals surface area contributed by atoms with Crippen LogP contribution in [0.5, 0.6) is 11.5 Å². The first kappa shape index (κ1) is 14.8. The maximum absolute atomic E-state index is 5.85. The highest BCUT2D eigenvalue weighted by atomic mass is 16.5. The highest BCUT2D eigenvalue weighted by Crippen LogP contribution is 2.38. The number of hydrogen-bond acceptors (Lipinski definition) is 4. The molecule has 118 valence electrons. The summed E-state index contributed by atoms with van der Waals surface area (Å²) in [6, 6.07) is 4.14. The third kappa shape index (κ3) is 2.89. The van der Waals surface area contributed by atoms with Crippen LogP contribution in [0.1, 0.15) is 32.2 Å². The molecule has 0 aliphatic carbocycles. The molecule has 5 heteroatoms. The fourth-order valence-electron chi connectivity index (χ4n) is 2.82. The summed E-state index contributed by atoms with van der Waals surface area (Å²) in [5.74, 6) is 2.85. The number of aromatic nitrogens is 2. The summed E-state index contributed by atoms with van der Waals surface area (Å²) in [4.78, 5) is 4.39. The van der Waals surface area contributed by atoms with E-state index in [1.807, 2.05) is 25.4 Å². The van der Waals surface area contributed by atoms with Crippen molar-refractivity contribution in [2.24, 2.45) is 0 Å². The molecule has 0 unspecified atom stereocenters. The van der Waals surface area contributed by atoms with Crippen molar-refractivity contribution in [3.8, 4) is 11.5 Å². The predicted octanol–water partition coefficient (Wildman–Crippen LogP) is 3.24. The number of imidazole rings is 1. The summed E-state index contributed by atoms with van der Waals surface area (Å²) >= 11 is 0. The topological polar surface area (TPSA) is 48.3 Å². The minimum absolute atomic E-state index is 0.235. The van der Waals surface area contributed by atoms with Gasteiger partial charge in [0.2, 0.25) is 0 Å². The third-order valence-electron chi connectivity index (χ3n) is 3.88. The van der Waals surface area contributed by atoms with E-state index in [1.165, 1.54) is 5.56 Å². The Bertz CT molecular complexity index is 651. The predicted molar refractivity (Wildman–Crippen MR) is 86.6 cm³/mol. The second-order valence-electron chi connectivity index (χ2n) is 5.50. The average Bonchev–Trinajstić information content (AvgIpc) is 3.09. The van der Waals surface area contributed by atoms with Gasteiger partial charge in [0.05, 0.1) is 18.8 Å². The summed E-state index contributed by atoms with van der Waals surface area (Å²) < 4.78 is 13.7. The molecule has 3 rings (SSSR count). The number of ether oxygens (including phenoxy) is 2. The van der Waals surface area contributed by atoms with Crippen molar-refractivity contribution in [1.82, 2.24) is 9.55 Å². The number of hydrogen-bond donors (Lipinski definition) is 1. The maximum Gasteiger partial charge on any atom is 0.142 e. The Hall–Kier alpha value is -2.17. The molecule has 22 heavy (non-hydrogen) atoms. The second kappa shape index (κ2) is 6.30. The summed E-state index contributed by atoms with van der Waals surface area (Å²) in [6.07, 6.45) is 5.00. The monoisotopic (exact) mass is 301 g/mol. The van der Waals surface area contributed by atoms with Gasteiger partial charge < -0.3 is 19.4 Å². The Balaban J connectivity index is 1.81. The van der Waals surface area contributed by atoms with Gasteiger partial charge in [-0.2, -0.15) is 0 Å². The molecule has 1 aliphatic heterocycles. The first-order valence-corrected chi connectivity index (χ1v) is 7.91. The molecule has 1 N–H and O–H groups in total. The second-order valence-corrected chi connectivity index (χ2v) is 5.50. The van der Waals surface area contributed by atoms with Gasteiger partial charge in [-0.3, -0.25) is 0 Å². The van der Waals surface area contributed by atoms with Gasteiger partial charge in [0, 0.05) is 37.0 Å². The van der Waals surface area contributed by atoms with Crippen LogP contribution in [0.3, 0.4) is 0 Å². The lowest BCUT2D eigenvalue weighted by Crippen LogP contribution is -2.09. The van der Waals surface area contributed by atoms with Crippen LogP contribution in [0.2, 0.25) is 0 Å². The molecule has 0 saturated heterocycles. The fraction of sp³-hybridized carbons (Fsp3) is 0.471. The number of aryl methyl sites for hydroxylation is 1.